The molecule has 138 valence electrons. The molecule has 0 saturated heterocycles. The normalized spacial score (nSPS) is 13.6. The van der Waals surface area contributed by atoms with Gasteiger partial charge in [-0.1, -0.05) is 36.4 Å². The molecule has 2 heterocycles. The Labute approximate surface area is 160 Å². The highest BCUT2D eigenvalue weighted by molar-refractivity contribution is 5.93. The predicted octanol–water partition coefficient (Wildman–Crippen LogP) is 3.76. The van der Waals surface area contributed by atoms with Gasteiger partial charge in [-0.15, -0.1) is 0 Å². The van der Waals surface area contributed by atoms with Crippen molar-refractivity contribution in [1.82, 2.24) is 19.7 Å². The monoisotopic (exact) mass is 371 g/mol. The molecule has 1 aliphatic carbocycles. The Morgan fingerprint density at radius 1 is 1.07 bits per heavy atom. The van der Waals surface area contributed by atoms with Crippen molar-refractivity contribution >= 4 is 22.7 Å². The topological polar surface area (TPSA) is 92.9 Å². The Hall–Kier alpha value is -3.74. The standard InChI is InChI=1S/C21H17N5O2/c27-20(28)15-11-22-26(12-15)21-24-18-9-6-14(13-4-2-1-3-5-13)10-17(18)19(25-21)23-16-7-8-16/h1-6,9-12,16H,7-8H2,(H,27,28)(H,23,24,25). The third kappa shape index (κ3) is 3.07. The smallest absolute Gasteiger partial charge is 0.338 e. The van der Waals surface area contributed by atoms with E-state index >= 15 is 0 Å². The molecule has 2 aromatic heterocycles. The van der Waals surface area contributed by atoms with Gasteiger partial charge in [0.05, 0.1) is 17.3 Å². The maximum Gasteiger partial charge on any atom is 0.338 e. The summed E-state index contributed by atoms with van der Waals surface area (Å²) in [7, 11) is 0. The zero-order valence-electron chi connectivity index (χ0n) is 14.9. The number of benzene rings is 2. The van der Waals surface area contributed by atoms with Gasteiger partial charge in [0, 0.05) is 17.6 Å². The van der Waals surface area contributed by atoms with Gasteiger partial charge in [-0.2, -0.15) is 10.1 Å². The lowest BCUT2D eigenvalue weighted by molar-refractivity contribution is 0.0697. The quantitative estimate of drug-likeness (QED) is 0.555. The van der Waals surface area contributed by atoms with Gasteiger partial charge in [-0.05, 0) is 36.1 Å². The lowest BCUT2D eigenvalue weighted by Gasteiger charge is -2.11. The fourth-order valence-corrected chi connectivity index (χ4v) is 3.10. The molecule has 0 amide bonds. The van der Waals surface area contributed by atoms with Crippen LogP contribution >= 0.6 is 0 Å². The number of carboxylic acid groups (broad SMARTS) is 1. The summed E-state index contributed by atoms with van der Waals surface area (Å²) in [6.45, 7) is 0. The van der Waals surface area contributed by atoms with Crippen LogP contribution < -0.4 is 5.32 Å². The van der Waals surface area contributed by atoms with Crippen molar-refractivity contribution in [2.24, 2.45) is 0 Å². The Balaban J connectivity index is 1.64. The minimum absolute atomic E-state index is 0.0971. The van der Waals surface area contributed by atoms with Gasteiger partial charge in [0.15, 0.2) is 0 Å². The highest BCUT2D eigenvalue weighted by atomic mass is 16.4. The summed E-state index contributed by atoms with van der Waals surface area (Å²) in [5.74, 6) is 0.0548. The van der Waals surface area contributed by atoms with Crippen molar-refractivity contribution in [3.05, 3.63) is 66.5 Å². The van der Waals surface area contributed by atoms with Crippen LogP contribution in [0.5, 0.6) is 0 Å². The van der Waals surface area contributed by atoms with E-state index in [2.05, 4.69) is 38.6 Å². The lowest BCUT2D eigenvalue weighted by atomic mass is 10.0. The second-order valence-corrected chi connectivity index (χ2v) is 6.87. The van der Waals surface area contributed by atoms with Crippen molar-refractivity contribution in [3.8, 4) is 17.1 Å². The van der Waals surface area contributed by atoms with E-state index in [0.29, 0.717) is 12.0 Å². The van der Waals surface area contributed by atoms with Crippen LogP contribution in [0.15, 0.2) is 60.9 Å². The maximum atomic E-state index is 11.1. The maximum absolute atomic E-state index is 11.1. The minimum Gasteiger partial charge on any atom is -0.478 e. The third-order valence-electron chi connectivity index (χ3n) is 4.74. The Kier molecular flexibility index (Phi) is 3.79. The first kappa shape index (κ1) is 16.4. The van der Waals surface area contributed by atoms with Gasteiger partial charge < -0.3 is 10.4 Å². The number of fused-ring (bicyclic) bond motifs is 1. The van der Waals surface area contributed by atoms with Gasteiger partial charge in [0.1, 0.15) is 5.82 Å². The summed E-state index contributed by atoms with van der Waals surface area (Å²) >= 11 is 0. The van der Waals surface area contributed by atoms with Crippen molar-refractivity contribution in [3.63, 3.8) is 0 Å². The fourth-order valence-electron chi connectivity index (χ4n) is 3.10. The molecule has 0 bridgehead atoms. The Morgan fingerprint density at radius 3 is 2.61 bits per heavy atom. The minimum atomic E-state index is -1.03. The predicted molar refractivity (Wildman–Crippen MR) is 106 cm³/mol. The number of anilines is 1. The molecule has 2 aromatic carbocycles. The molecular formula is C21H17N5O2. The molecular weight excluding hydrogens is 354 g/mol. The molecule has 1 aliphatic rings. The van der Waals surface area contributed by atoms with E-state index in [1.54, 1.807) is 0 Å². The highest BCUT2D eigenvalue weighted by Crippen LogP contribution is 2.31. The van der Waals surface area contributed by atoms with Crippen LogP contribution in [0.1, 0.15) is 23.2 Å². The molecule has 7 heteroatoms. The molecule has 0 atom stereocenters. The summed E-state index contributed by atoms with van der Waals surface area (Å²) in [5, 5.41) is 17.6. The van der Waals surface area contributed by atoms with Crippen LogP contribution in [0.2, 0.25) is 0 Å². The third-order valence-corrected chi connectivity index (χ3v) is 4.74. The second-order valence-electron chi connectivity index (χ2n) is 6.87. The van der Waals surface area contributed by atoms with Crippen molar-refractivity contribution in [2.45, 2.75) is 18.9 Å². The van der Waals surface area contributed by atoms with E-state index in [-0.39, 0.29) is 5.56 Å². The number of carboxylic acids is 1. The first-order chi connectivity index (χ1) is 13.7. The fraction of sp³-hybridized carbons (Fsp3) is 0.143. The average Bonchev–Trinajstić information content (AvgIpc) is 3.39. The van der Waals surface area contributed by atoms with Crippen LogP contribution in [0.3, 0.4) is 0 Å². The van der Waals surface area contributed by atoms with Crippen LogP contribution in [0.4, 0.5) is 5.82 Å². The molecule has 0 unspecified atom stereocenters. The van der Waals surface area contributed by atoms with Crippen molar-refractivity contribution in [1.29, 1.82) is 0 Å². The molecule has 1 fully saturated rings. The van der Waals surface area contributed by atoms with Crippen molar-refractivity contribution in [2.75, 3.05) is 5.32 Å². The summed E-state index contributed by atoms with van der Waals surface area (Å²) in [5.41, 5.74) is 3.10. The zero-order chi connectivity index (χ0) is 19.1. The van der Waals surface area contributed by atoms with Gasteiger partial charge >= 0.3 is 5.97 Å². The number of nitrogens with one attached hydrogen (secondary N) is 1. The van der Waals surface area contributed by atoms with Gasteiger partial charge in [0.2, 0.25) is 0 Å². The van der Waals surface area contributed by atoms with Gasteiger partial charge in [0.25, 0.3) is 5.95 Å². The highest BCUT2D eigenvalue weighted by Gasteiger charge is 2.23. The Bertz CT molecular complexity index is 1180. The van der Waals surface area contributed by atoms with E-state index < -0.39 is 5.97 Å². The number of rotatable bonds is 5. The van der Waals surface area contributed by atoms with Crippen molar-refractivity contribution < 1.29 is 9.90 Å². The van der Waals surface area contributed by atoms with E-state index in [9.17, 15) is 4.79 Å². The molecule has 5 rings (SSSR count). The molecule has 7 nitrogen and oxygen atoms in total. The van der Waals surface area contributed by atoms with Crippen LogP contribution in [-0.2, 0) is 0 Å². The average molecular weight is 371 g/mol. The first-order valence-corrected chi connectivity index (χ1v) is 9.09. The second kappa shape index (κ2) is 6.45. The number of hydrogen-bond donors (Lipinski definition) is 2. The number of hydrogen-bond acceptors (Lipinski definition) is 5. The molecule has 1 saturated carbocycles. The zero-order valence-corrected chi connectivity index (χ0v) is 14.9. The molecule has 0 spiro atoms. The largest absolute Gasteiger partial charge is 0.478 e. The summed E-state index contributed by atoms with van der Waals surface area (Å²) in [6, 6.07) is 16.7. The van der Waals surface area contributed by atoms with E-state index in [4.69, 9.17) is 5.11 Å². The summed E-state index contributed by atoms with van der Waals surface area (Å²) in [4.78, 5) is 20.4. The number of carbonyl (C=O) groups is 1. The van der Waals surface area contributed by atoms with Gasteiger partial charge in [-0.25, -0.2) is 14.5 Å². The van der Waals surface area contributed by atoms with Crippen LogP contribution in [0, 0.1) is 0 Å². The summed E-state index contributed by atoms with van der Waals surface area (Å²) in [6.07, 6.45) is 4.94. The Morgan fingerprint density at radius 2 is 1.89 bits per heavy atom. The van der Waals surface area contributed by atoms with Crippen LogP contribution in [0.25, 0.3) is 28.0 Å². The molecule has 28 heavy (non-hydrogen) atoms. The molecule has 0 aliphatic heterocycles. The lowest BCUT2D eigenvalue weighted by Crippen LogP contribution is -2.09. The van der Waals surface area contributed by atoms with Crippen LogP contribution in [-0.4, -0.2) is 36.9 Å². The SMILES string of the molecule is O=C(O)c1cnn(-c2nc(NC3CC3)c3cc(-c4ccccc4)ccc3n2)c1. The van der Waals surface area contributed by atoms with E-state index in [1.165, 1.54) is 17.1 Å². The number of nitrogens with zero attached hydrogens (tertiary/aromatic N) is 4. The first-order valence-electron chi connectivity index (χ1n) is 9.09. The molecule has 0 radical (unpaired) electrons. The van der Waals surface area contributed by atoms with Gasteiger partial charge in [-0.3, -0.25) is 0 Å². The molecule has 2 N–H and O–H groups in total. The number of aromatic nitrogens is 4. The summed E-state index contributed by atoms with van der Waals surface area (Å²) < 4.78 is 1.39. The molecule has 4 aromatic rings. The van der Waals surface area contributed by atoms with E-state index in [1.807, 2.05) is 30.3 Å². The van der Waals surface area contributed by atoms with E-state index in [0.717, 1.165) is 40.7 Å². The number of aromatic carboxylic acids is 1.